The summed E-state index contributed by atoms with van der Waals surface area (Å²) in [6, 6.07) is 10.2. The topological polar surface area (TPSA) is 40.5 Å². The van der Waals surface area contributed by atoms with Gasteiger partial charge in [0.05, 0.1) is 6.04 Å². The van der Waals surface area contributed by atoms with Crippen molar-refractivity contribution in [1.82, 2.24) is 4.90 Å². The second-order valence-electron chi connectivity index (χ2n) is 6.23. The molecule has 3 heterocycles. The van der Waals surface area contributed by atoms with Crippen LogP contribution in [-0.2, 0) is 4.79 Å². The van der Waals surface area contributed by atoms with E-state index in [2.05, 4.69) is 51.4 Å². The number of nitrogens with zero attached hydrogens (tertiary/aromatic N) is 1. The van der Waals surface area contributed by atoms with E-state index in [1.807, 2.05) is 0 Å². The molecule has 2 unspecified atom stereocenters. The van der Waals surface area contributed by atoms with Crippen LogP contribution in [0.2, 0.25) is 0 Å². The monoisotopic (exact) mass is 357 g/mol. The lowest BCUT2D eigenvalue weighted by molar-refractivity contribution is -0.145. The Kier molecular flexibility index (Phi) is 4.39. The summed E-state index contributed by atoms with van der Waals surface area (Å²) >= 11 is 3.42. The third-order valence-corrected chi connectivity index (χ3v) is 6.51. The van der Waals surface area contributed by atoms with Gasteiger partial charge in [0.1, 0.15) is 6.04 Å². The molecule has 5 heteroatoms. The van der Waals surface area contributed by atoms with Crippen LogP contribution in [0.1, 0.15) is 36.4 Å². The highest BCUT2D eigenvalue weighted by atomic mass is 32.1. The van der Waals surface area contributed by atoms with Crippen molar-refractivity contribution in [2.24, 2.45) is 0 Å². The highest BCUT2D eigenvalue weighted by Crippen LogP contribution is 2.40. The molecular formula is C19H19NO2S2. The van der Waals surface area contributed by atoms with Gasteiger partial charge >= 0.3 is 5.97 Å². The molecule has 24 heavy (non-hydrogen) atoms. The highest BCUT2D eigenvalue weighted by Gasteiger charge is 2.36. The van der Waals surface area contributed by atoms with Gasteiger partial charge in [-0.1, -0.05) is 24.6 Å². The molecule has 1 aliphatic heterocycles. The molecule has 2 aromatic heterocycles. The zero-order valence-corrected chi connectivity index (χ0v) is 14.9. The minimum Gasteiger partial charge on any atom is -0.480 e. The molecule has 4 rings (SSSR count). The lowest BCUT2D eigenvalue weighted by atomic mass is 9.93. The molecule has 0 bridgehead atoms. The first-order valence-electron chi connectivity index (χ1n) is 8.22. The predicted octanol–water partition coefficient (Wildman–Crippen LogP) is 4.99. The summed E-state index contributed by atoms with van der Waals surface area (Å²) in [6.45, 7) is 0.835. The fraction of sp³-hybridized carbons (Fsp3) is 0.316. The molecule has 1 aromatic carbocycles. The Morgan fingerprint density at radius 3 is 2.88 bits per heavy atom. The Morgan fingerprint density at radius 1 is 1.21 bits per heavy atom. The second kappa shape index (κ2) is 6.67. The molecule has 1 saturated heterocycles. The van der Waals surface area contributed by atoms with Crippen LogP contribution in [0.4, 0.5) is 0 Å². The fourth-order valence-electron chi connectivity index (χ4n) is 3.72. The van der Waals surface area contributed by atoms with Gasteiger partial charge in [0.2, 0.25) is 0 Å². The van der Waals surface area contributed by atoms with Crippen molar-refractivity contribution in [1.29, 1.82) is 0 Å². The number of thiophene rings is 2. The van der Waals surface area contributed by atoms with Crippen molar-refractivity contribution < 1.29 is 9.90 Å². The summed E-state index contributed by atoms with van der Waals surface area (Å²) < 4.78 is 1.26. The molecule has 2 atom stereocenters. The molecule has 0 aliphatic carbocycles. The number of aliphatic carboxylic acids is 1. The van der Waals surface area contributed by atoms with E-state index in [1.165, 1.54) is 21.2 Å². The van der Waals surface area contributed by atoms with Crippen LogP contribution in [0.3, 0.4) is 0 Å². The number of hydrogen-bond donors (Lipinski definition) is 1. The lowest BCUT2D eigenvalue weighted by Crippen LogP contribution is -2.46. The van der Waals surface area contributed by atoms with Crippen LogP contribution in [-0.4, -0.2) is 28.6 Å². The van der Waals surface area contributed by atoms with Gasteiger partial charge < -0.3 is 5.11 Å². The number of fused-ring (bicyclic) bond motifs is 1. The molecule has 0 saturated carbocycles. The molecule has 0 amide bonds. The second-order valence-corrected chi connectivity index (χ2v) is 7.93. The number of hydrogen-bond acceptors (Lipinski definition) is 4. The first kappa shape index (κ1) is 15.8. The maximum absolute atomic E-state index is 11.8. The molecule has 3 nitrogen and oxygen atoms in total. The van der Waals surface area contributed by atoms with Crippen LogP contribution in [0, 0.1) is 0 Å². The summed E-state index contributed by atoms with van der Waals surface area (Å²) in [6.07, 6.45) is 2.79. The maximum Gasteiger partial charge on any atom is 0.320 e. The summed E-state index contributed by atoms with van der Waals surface area (Å²) in [5.74, 6) is -0.700. The number of carbonyl (C=O) groups is 1. The normalized spacial score (nSPS) is 20.2. The van der Waals surface area contributed by atoms with E-state index in [9.17, 15) is 9.90 Å². The number of carboxylic acids is 1. The fourth-order valence-corrected chi connectivity index (χ4v) is 5.38. The average molecular weight is 358 g/mol. The smallest absolute Gasteiger partial charge is 0.320 e. The molecule has 1 fully saturated rings. The molecule has 0 radical (unpaired) electrons. The van der Waals surface area contributed by atoms with Gasteiger partial charge in [0, 0.05) is 4.70 Å². The first-order chi connectivity index (χ1) is 11.8. The Labute approximate surface area is 149 Å². The minimum atomic E-state index is -0.700. The molecule has 1 N–H and O–H groups in total. The Balaban J connectivity index is 1.84. The van der Waals surface area contributed by atoms with Crippen molar-refractivity contribution in [3.05, 3.63) is 57.6 Å². The molecule has 1 aliphatic rings. The maximum atomic E-state index is 11.8. The highest BCUT2D eigenvalue weighted by molar-refractivity contribution is 7.17. The Hall–Kier alpha value is -1.69. The SMILES string of the molecule is O=C(O)C1CCCCN1C(c1ccsc1)c1csc2ccccc12. The zero-order valence-electron chi connectivity index (χ0n) is 13.2. The standard InChI is InChI=1S/C19H19NO2S2/c21-19(22)16-6-3-4-9-20(16)18(13-8-10-23-11-13)15-12-24-17-7-2-1-5-14(15)17/h1-2,5,7-8,10-12,16,18H,3-4,6,9H2,(H,21,22). The van der Waals surface area contributed by atoms with Crippen molar-refractivity contribution >= 4 is 38.7 Å². The van der Waals surface area contributed by atoms with Gasteiger partial charge in [-0.25, -0.2) is 0 Å². The van der Waals surface area contributed by atoms with Gasteiger partial charge in [-0.2, -0.15) is 11.3 Å². The van der Waals surface area contributed by atoms with E-state index in [4.69, 9.17) is 0 Å². The Bertz CT molecular complexity index is 840. The van der Waals surface area contributed by atoms with Crippen molar-refractivity contribution in [2.75, 3.05) is 6.54 Å². The van der Waals surface area contributed by atoms with Gasteiger partial charge in [-0.3, -0.25) is 9.69 Å². The van der Waals surface area contributed by atoms with Gasteiger partial charge in [-0.15, -0.1) is 11.3 Å². The van der Waals surface area contributed by atoms with E-state index >= 15 is 0 Å². The van der Waals surface area contributed by atoms with Gasteiger partial charge in [0.25, 0.3) is 0 Å². The number of carboxylic acid groups (broad SMARTS) is 1. The van der Waals surface area contributed by atoms with Crippen LogP contribution in [0.25, 0.3) is 10.1 Å². The van der Waals surface area contributed by atoms with Crippen molar-refractivity contribution in [2.45, 2.75) is 31.3 Å². The number of piperidine rings is 1. The van der Waals surface area contributed by atoms with Crippen LogP contribution in [0.15, 0.2) is 46.5 Å². The van der Waals surface area contributed by atoms with E-state index in [0.29, 0.717) is 0 Å². The van der Waals surface area contributed by atoms with E-state index in [-0.39, 0.29) is 6.04 Å². The molecule has 0 spiro atoms. The minimum absolute atomic E-state index is 0.0220. The van der Waals surface area contributed by atoms with Crippen molar-refractivity contribution in [3.63, 3.8) is 0 Å². The van der Waals surface area contributed by atoms with E-state index in [1.54, 1.807) is 22.7 Å². The number of likely N-dealkylation sites (tertiary alicyclic amines) is 1. The van der Waals surface area contributed by atoms with Crippen LogP contribution < -0.4 is 0 Å². The van der Waals surface area contributed by atoms with E-state index < -0.39 is 12.0 Å². The first-order valence-corrected chi connectivity index (χ1v) is 10.0. The van der Waals surface area contributed by atoms with E-state index in [0.717, 1.165) is 25.8 Å². The van der Waals surface area contributed by atoms with Gasteiger partial charge in [0.15, 0.2) is 0 Å². The van der Waals surface area contributed by atoms with Crippen LogP contribution >= 0.6 is 22.7 Å². The molecule has 124 valence electrons. The quantitative estimate of drug-likeness (QED) is 0.715. The third-order valence-electron chi connectivity index (χ3n) is 4.83. The zero-order chi connectivity index (χ0) is 16.5. The number of rotatable bonds is 4. The lowest BCUT2D eigenvalue weighted by Gasteiger charge is -2.39. The van der Waals surface area contributed by atoms with Crippen LogP contribution in [0.5, 0.6) is 0 Å². The van der Waals surface area contributed by atoms with Gasteiger partial charge in [-0.05, 0) is 64.2 Å². The Morgan fingerprint density at radius 2 is 2.08 bits per heavy atom. The average Bonchev–Trinajstić information content (AvgIpc) is 3.26. The summed E-state index contributed by atoms with van der Waals surface area (Å²) in [5.41, 5.74) is 2.44. The number of benzene rings is 1. The molecule has 3 aromatic rings. The summed E-state index contributed by atoms with van der Waals surface area (Å²) in [4.78, 5) is 14.0. The summed E-state index contributed by atoms with van der Waals surface area (Å²) in [5, 5.41) is 17.4. The predicted molar refractivity (Wildman–Crippen MR) is 100.0 cm³/mol. The molecular weight excluding hydrogens is 338 g/mol. The summed E-state index contributed by atoms with van der Waals surface area (Å²) in [7, 11) is 0. The van der Waals surface area contributed by atoms with Crippen molar-refractivity contribution in [3.8, 4) is 0 Å². The largest absolute Gasteiger partial charge is 0.480 e. The third kappa shape index (κ3) is 2.77.